The fraction of sp³-hybridized carbons (Fsp3) is 0.462. The second-order valence-electron chi connectivity index (χ2n) is 3.85. The van der Waals surface area contributed by atoms with Gasteiger partial charge in [0.2, 0.25) is 0 Å². The van der Waals surface area contributed by atoms with E-state index in [-0.39, 0.29) is 12.5 Å². The minimum atomic E-state index is -0.327. The summed E-state index contributed by atoms with van der Waals surface area (Å²) in [5.74, 6) is 0.383. The summed E-state index contributed by atoms with van der Waals surface area (Å²) in [6.07, 6.45) is 0. The molecule has 0 aliphatic carbocycles. The van der Waals surface area contributed by atoms with Gasteiger partial charge in [-0.25, -0.2) is 5.48 Å². The topological polar surface area (TPSA) is 56.8 Å². The number of hydrogen-bond donors (Lipinski definition) is 1. The minimum Gasteiger partial charge on any atom is -0.483 e. The Morgan fingerprint density at radius 3 is 2.78 bits per heavy atom. The lowest BCUT2D eigenvalue weighted by atomic mass is 10.1. The summed E-state index contributed by atoms with van der Waals surface area (Å²) in [5, 5.41) is 0. The number of aryl methyl sites for hydroxylation is 1. The van der Waals surface area contributed by atoms with E-state index in [1.807, 2.05) is 32.0 Å². The molecule has 0 radical (unpaired) electrons. The van der Waals surface area contributed by atoms with E-state index in [2.05, 4.69) is 5.48 Å². The highest BCUT2D eigenvalue weighted by molar-refractivity contribution is 5.76. The van der Waals surface area contributed by atoms with Crippen molar-refractivity contribution in [3.63, 3.8) is 0 Å². The molecule has 1 amide bonds. The normalized spacial score (nSPS) is 10.2. The first-order valence-corrected chi connectivity index (χ1v) is 5.73. The Morgan fingerprint density at radius 1 is 1.28 bits per heavy atom. The third kappa shape index (κ3) is 4.73. The van der Waals surface area contributed by atoms with Gasteiger partial charge in [-0.15, -0.1) is 0 Å². The zero-order chi connectivity index (χ0) is 13.4. The van der Waals surface area contributed by atoms with E-state index in [4.69, 9.17) is 14.3 Å². The maximum Gasteiger partial charge on any atom is 0.281 e. The van der Waals surface area contributed by atoms with Crippen LogP contribution in [0.15, 0.2) is 18.2 Å². The monoisotopic (exact) mass is 253 g/mol. The minimum absolute atomic E-state index is 0.0721. The highest BCUT2D eigenvalue weighted by Gasteiger charge is 2.05. The van der Waals surface area contributed by atoms with Crippen LogP contribution in [0, 0.1) is 13.8 Å². The van der Waals surface area contributed by atoms with E-state index in [1.54, 1.807) is 7.11 Å². The van der Waals surface area contributed by atoms with Crippen molar-refractivity contribution in [3.8, 4) is 5.75 Å². The largest absolute Gasteiger partial charge is 0.483 e. The Balaban J connectivity index is 2.32. The van der Waals surface area contributed by atoms with Crippen LogP contribution in [0.1, 0.15) is 11.1 Å². The van der Waals surface area contributed by atoms with Crippen molar-refractivity contribution in [2.75, 3.05) is 26.9 Å². The van der Waals surface area contributed by atoms with E-state index in [0.29, 0.717) is 19.0 Å². The van der Waals surface area contributed by atoms with Gasteiger partial charge in [-0.2, -0.15) is 0 Å². The van der Waals surface area contributed by atoms with Gasteiger partial charge in [0.1, 0.15) is 5.75 Å². The molecule has 5 heteroatoms. The smallest absolute Gasteiger partial charge is 0.281 e. The molecular weight excluding hydrogens is 234 g/mol. The van der Waals surface area contributed by atoms with Gasteiger partial charge < -0.3 is 9.47 Å². The molecule has 100 valence electrons. The van der Waals surface area contributed by atoms with Crippen LogP contribution < -0.4 is 10.2 Å². The predicted octanol–water partition coefficient (Wildman–Crippen LogP) is 1.38. The first-order valence-electron chi connectivity index (χ1n) is 5.73. The molecule has 0 heterocycles. The molecule has 0 aliphatic heterocycles. The van der Waals surface area contributed by atoms with Crippen molar-refractivity contribution in [3.05, 3.63) is 29.3 Å². The van der Waals surface area contributed by atoms with Gasteiger partial charge in [-0.3, -0.25) is 9.63 Å². The lowest BCUT2D eigenvalue weighted by Crippen LogP contribution is -2.30. The van der Waals surface area contributed by atoms with Crippen LogP contribution in [0.2, 0.25) is 0 Å². The van der Waals surface area contributed by atoms with Crippen molar-refractivity contribution in [2.45, 2.75) is 13.8 Å². The third-order valence-electron chi connectivity index (χ3n) is 2.49. The molecule has 0 spiro atoms. The Labute approximate surface area is 107 Å². The van der Waals surface area contributed by atoms with Crippen LogP contribution in [0.3, 0.4) is 0 Å². The van der Waals surface area contributed by atoms with Gasteiger partial charge >= 0.3 is 0 Å². The van der Waals surface area contributed by atoms with Crippen LogP contribution in [-0.2, 0) is 14.4 Å². The average molecular weight is 253 g/mol. The molecule has 0 bridgehead atoms. The summed E-state index contributed by atoms with van der Waals surface area (Å²) in [6.45, 7) is 4.62. The molecule has 0 unspecified atom stereocenters. The van der Waals surface area contributed by atoms with Crippen LogP contribution >= 0.6 is 0 Å². The molecule has 1 aromatic carbocycles. The van der Waals surface area contributed by atoms with E-state index < -0.39 is 0 Å². The SMILES string of the molecule is COCCONC(=O)COc1cccc(C)c1C. The molecule has 0 saturated carbocycles. The first kappa shape index (κ1) is 14.5. The zero-order valence-electron chi connectivity index (χ0n) is 11.0. The Morgan fingerprint density at radius 2 is 2.06 bits per heavy atom. The Hall–Kier alpha value is -1.59. The number of hydrogen-bond acceptors (Lipinski definition) is 4. The summed E-state index contributed by atoms with van der Waals surface area (Å²) in [6, 6.07) is 5.72. The third-order valence-corrected chi connectivity index (χ3v) is 2.49. The number of methoxy groups -OCH3 is 1. The van der Waals surface area contributed by atoms with Gasteiger partial charge in [0.25, 0.3) is 5.91 Å². The second-order valence-corrected chi connectivity index (χ2v) is 3.85. The predicted molar refractivity (Wildman–Crippen MR) is 67.4 cm³/mol. The molecule has 0 saturated heterocycles. The maximum atomic E-state index is 11.4. The van der Waals surface area contributed by atoms with Crippen molar-refractivity contribution in [1.29, 1.82) is 0 Å². The zero-order valence-corrected chi connectivity index (χ0v) is 11.0. The maximum absolute atomic E-state index is 11.4. The van der Waals surface area contributed by atoms with Gasteiger partial charge in [0.15, 0.2) is 6.61 Å². The van der Waals surface area contributed by atoms with E-state index in [0.717, 1.165) is 11.1 Å². The van der Waals surface area contributed by atoms with Crippen LogP contribution in [0.4, 0.5) is 0 Å². The highest BCUT2D eigenvalue weighted by Crippen LogP contribution is 2.20. The molecule has 1 N–H and O–H groups in total. The number of nitrogens with one attached hydrogen (secondary N) is 1. The summed E-state index contributed by atoms with van der Waals surface area (Å²) >= 11 is 0. The number of ether oxygens (including phenoxy) is 2. The molecule has 0 aromatic heterocycles. The fourth-order valence-electron chi connectivity index (χ4n) is 1.31. The molecule has 18 heavy (non-hydrogen) atoms. The van der Waals surface area contributed by atoms with E-state index in [1.165, 1.54) is 0 Å². The highest BCUT2D eigenvalue weighted by atomic mass is 16.7. The second kappa shape index (κ2) is 7.68. The average Bonchev–Trinajstić information content (AvgIpc) is 2.36. The van der Waals surface area contributed by atoms with Gasteiger partial charge in [-0.1, -0.05) is 12.1 Å². The summed E-state index contributed by atoms with van der Waals surface area (Å²) in [7, 11) is 1.56. The van der Waals surface area contributed by atoms with Crippen LogP contribution in [0.5, 0.6) is 5.75 Å². The number of rotatable bonds is 7. The molecule has 0 fully saturated rings. The van der Waals surface area contributed by atoms with Crippen molar-refractivity contribution < 1.29 is 19.1 Å². The Kier molecular flexibility index (Phi) is 6.18. The fourth-order valence-corrected chi connectivity index (χ4v) is 1.31. The van der Waals surface area contributed by atoms with E-state index >= 15 is 0 Å². The summed E-state index contributed by atoms with van der Waals surface area (Å²) in [5.41, 5.74) is 4.44. The molecule has 1 aromatic rings. The summed E-state index contributed by atoms with van der Waals surface area (Å²) in [4.78, 5) is 16.2. The number of benzene rings is 1. The standard InChI is InChI=1S/C13H19NO4/c1-10-5-4-6-12(11(10)2)17-9-13(15)14-18-8-7-16-3/h4-6H,7-9H2,1-3H3,(H,14,15). The Bertz CT molecular complexity index is 393. The van der Waals surface area contributed by atoms with Gasteiger partial charge in [0, 0.05) is 7.11 Å². The number of hydroxylamine groups is 1. The number of carbonyl (C=O) groups is 1. The lowest BCUT2D eigenvalue weighted by molar-refractivity contribution is -0.136. The summed E-state index contributed by atoms with van der Waals surface area (Å²) < 4.78 is 10.2. The van der Waals surface area contributed by atoms with Crippen LogP contribution in [-0.4, -0.2) is 32.8 Å². The quantitative estimate of drug-likeness (QED) is 0.589. The molecule has 0 atom stereocenters. The van der Waals surface area contributed by atoms with Crippen molar-refractivity contribution >= 4 is 5.91 Å². The van der Waals surface area contributed by atoms with Crippen molar-refractivity contribution in [1.82, 2.24) is 5.48 Å². The molecule has 1 rings (SSSR count). The van der Waals surface area contributed by atoms with Crippen molar-refractivity contribution in [2.24, 2.45) is 0 Å². The molecular formula is C13H19NO4. The van der Waals surface area contributed by atoms with Crippen LogP contribution in [0.25, 0.3) is 0 Å². The molecule has 5 nitrogen and oxygen atoms in total. The number of carbonyl (C=O) groups excluding carboxylic acids is 1. The van der Waals surface area contributed by atoms with E-state index in [9.17, 15) is 4.79 Å². The van der Waals surface area contributed by atoms with Gasteiger partial charge in [0.05, 0.1) is 13.2 Å². The lowest BCUT2D eigenvalue weighted by Gasteiger charge is -2.10. The molecule has 0 aliphatic rings. The first-order chi connectivity index (χ1) is 8.65. The van der Waals surface area contributed by atoms with Gasteiger partial charge in [-0.05, 0) is 31.0 Å². The number of amides is 1.